The summed E-state index contributed by atoms with van der Waals surface area (Å²) in [6.45, 7) is 2.00. The molecular weight excluding hydrogens is 217 g/mol. The number of carbonyl (C=O) groups excluding carboxylic acids is 1. The average Bonchev–Trinajstić information content (AvgIpc) is 2.39. The molecule has 0 atom stereocenters. The minimum absolute atomic E-state index is 0.132. The van der Waals surface area contributed by atoms with Crippen molar-refractivity contribution in [3.63, 3.8) is 0 Å². The minimum atomic E-state index is -0.345. The van der Waals surface area contributed by atoms with Gasteiger partial charge < -0.3 is 0 Å². The van der Waals surface area contributed by atoms with Crippen LogP contribution in [0.1, 0.15) is 28.4 Å². The van der Waals surface area contributed by atoms with Crippen molar-refractivity contribution in [2.75, 3.05) is 0 Å². The van der Waals surface area contributed by atoms with E-state index in [4.69, 9.17) is 0 Å². The number of hydrogen-bond acceptors (Lipinski definition) is 2. The van der Waals surface area contributed by atoms with Crippen LogP contribution in [0.2, 0.25) is 0 Å². The van der Waals surface area contributed by atoms with Crippen LogP contribution in [-0.2, 0) is 6.42 Å². The Hall–Kier alpha value is -2.03. The van der Waals surface area contributed by atoms with Gasteiger partial charge in [0.05, 0.1) is 0 Å². The largest absolute Gasteiger partial charge is 0.289 e. The van der Waals surface area contributed by atoms with Gasteiger partial charge in [-0.25, -0.2) is 4.39 Å². The number of halogens is 1. The Labute approximate surface area is 99.1 Å². The summed E-state index contributed by atoms with van der Waals surface area (Å²) in [5.41, 5.74) is 2.02. The summed E-state index contributed by atoms with van der Waals surface area (Å²) >= 11 is 0. The zero-order valence-electron chi connectivity index (χ0n) is 9.48. The molecule has 1 heterocycles. The summed E-state index contributed by atoms with van der Waals surface area (Å²) in [6.07, 6.45) is 4.10. The van der Waals surface area contributed by atoms with Crippen LogP contribution in [-0.4, -0.2) is 10.8 Å². The number of hydrogen-bond donors (Lipinski definition) is 0. The molecule has 2 aromatic rings. The Kier molecular flexibility index (Phi) is 3.28. The van der Waals surface area contributed by atoms with E-state index in [1.54, 1.807) is 6.20 Å². The van der Waals surface area contributed by atoms with E-state index in [1.165, 1.54) is 30.5 Å². The lowest BCUT2D eigenvalue weighted by Gasteiger charge is -2.02. The van der Waals surface area contributed by atoms with Crippen molar-refractivity contribution >= 4 is 5.78 Å². The van der Waals surface area contributed by atoms with Gasteiger partial charge in [0.2, 0.25) is 0 Å². The number of aryl methyl sites for hydroxylation is 1. The van der Waals surface area contributed by atoms with Gasteiger partial charge in [-0.05, 0) is 42.3 Å². The first kappa shape index (κ1) is 11.5. The number of nitrogens with zero attached hydrogens (tertiary/aromatic N) is 1. The molecule has 0 N–H and O–H groups in total. The standard InChI is InChI=1S/C14H12FNO/c1-2-10-7-12(9-16-8-10)14(17)11-3-5-13(15)6-4-11/h3-9H,2H2,1H3. The summed E-state index contributed by atoms with van der Waals surface area (Å²) in [6, 6.07) is 7.35. The molecule has 1 aromatic heterocycles. The highest BCUT2D eigenvalue weighted by atomic mass is 19.1. The quantitative estimate of drug-likeness (QED) is 0.757. The number of benzene rings is 1. The van der Waals surface area contributed by atoms with Gasteiger partial charge in [0, 0.05) is 23.5 Å². The highest BCUT2D eigenvalue weighted by Crippen LogP contribution is 2.11. The third kappa shape index (κ3) is 2.56. The van der Waals surface area contributed by atoms with E-state index >= 15 is 0 Å². The fourth-order valence-corrected chi connectivity index (χ4v) is 1.57. The van der Waals surface area contributed by atoms with Crippen LogP contribution < -0.4 is 0 Å². The van der Waals surface area contributed by atoms with Crippen molar-refractivity contribution in [3.8, 4) is 0 Å². The van der Waals surface area contributed by atoms with Crippen molar-refractivity contribution in [1.29, 1.82) is 0 Å². The second-order valence-corrected chi connectivity index (χ2v) is 3.77. The Morgan fingerprint density at radius 1 is 1.18 bits per heavy atom. The van der Waals surface area contributed by atoms with Gasteiger partial charge in [-0.3, -0.25) is 9.78 Å². The molecule has 0 aliphatic rings. The molecule has 0 radical (unpaired) electrons. The molecule has 0 saturated carbocycles. The van der Waals surface area contributed by atoms with Crippen molar-refractivity contribution < 1.29 is 9.18 Å². The number of rotatable bonds is 3. The van der Waals surface area contributed by atoms with E-state index in [1.807, 2.05) is 13.0 Å². The highest BCUT2D eigenvalue weighted by molar-refractivity contribution is 6.08. The van der Waals surface area contributed by atoms with Gasteiger partial charge in [-0.1, -0.05) is 6.92 Å². The molecule has 0 amide bonds. The maximum absolute atomic E-state index is 12.7. The number of aromatic nitrogens is 1. The molecule has 0 fully saturated rings. The van der Waals surface area contributed by atoms with Crippen LogP contribution in [0, 0.1) is 5.82 Å². The zero-order valence-corrected chi connectivity index (χ0v) is 9.48. The van der Waals surface area contributed by atoms with Gasteiger partial charge in [0.1, 0.15) is 5.82 Å². The van der Waals surface area contributed by atoms with Crippen LogP contribution in [0.5, 0.6) is 0 Å². The third-order valence-electron chi connectivity index (χ3n) is 2.57. The summed E-state index contributed by atoms with van der Waals surface area (Å²) in [7, 11) is 0. The fraction of sp³-hybridized carbons (Fsp3) is 0.143. The van der Waals surface area contributed by atoms with E-state index in [0.29, 0.717) is 11.1 Å². The molecule has 0 unspecified atom stereocenters. The third-order valence-corrected chi connectivity index (χ3v) is 2.57. The average molecular weight is 229 g/mol. The Morgan fingerprint density at radius 2 is 1.88 bits per heavy atom. The molecule has 86 valence electrons. The molecule has 2 nitrogen and oxygen atoms in total. The topological polar surface area (TPSA) is 30.0 Å². The molecule has 0 spiro atoms. The van der Waals surface area contributed by atoms with Gasteiger partial charge >= 0.3 is 0 Å². The maximum atomic E-state index is 12.7. The number of ketones is 1. The first-order valence-electron chi connectivity index (χ1n) is 5.45. The monoisotopic (exact) mass is 229 g/mol. The zero-order chi connectivity index (χ0) is 12.3. The second kappa shape index (κ2) is 4.87. The summed E-state index contributed by atoms with van der Waals surface area (Å²) < 4.78 is 12.7. The molecule has 2 rings (SSSR count). The van der Waals surface area contributed by atoms with E-state index in [0.717, 1.165) is 12.0 Å². The first-order valence-corrected chi connectivity index (χ1v) is 5.45. The Balaban J connectivity index is 2.33. The van der Waals surface area contributed by atoms with Gasteiger partial charge in [0.15, 0.2) is 5.78 Å². The lowest BCUT2D eigenvalue weighted by molar-refractivity contribution is 0.103. The van der Waals surface area contributed by atoms with Gasteiger partial charge in [-0.2, -0.15) is 0 Å². The normalized spacial score (nSPS) is 10.2. The smallest absolute Gasteiger partial charge is 0.194 e. The van der Waals surface area contributed by atoms with Gasteiger partial charge in [-0.15, -0.1) is 0 Å². The second-order valence-electron chi connectivity index (χ2n) is 3.77. The lowest BCUT2D eigenvalue weighted by atomic mass is 10.0. The molecule has 0 aliphatic heterocycles. The van der Waals surface area contributed by atoms with E-state index in [9.17, 15) is 9.18 Å². The van der Waals surface area contributed by atoms with Crippen molar-refractivity contribution in [3.05, 3.63) is 65.2 Å². The fourth-order valence-electron chi connectivity index (χ4n) is 1.57. The summed E-state index contributed by atoms with van der Waals surface area (Å²) in [4.78, 5) is 16.1. The van der Waals surface area contributed by atoms with E-state index < -0.39 is 0 Å². The van der Waals surface area contributed by atoms with Crippen molar-refractivity contribution in [2.24, 2.45) is 0 Å². The number of carbonyl (C=O) groups is 1. The predicted molar refractivity (Wildman–Crippen MR) is 63.4 cm³/mol. The predicted octanol–water partition coefficient (Wildman–Crippen LogP) is 3.01. The molecule has 1 aromatic carbocycles. The summed E-state index contributed by atoms with van der Waals surface area (Å²) in [5.74, 6) is -0.477. The molecule has 3 heteroatoms. The molecule has 17 heavy (non-hydrogen) atoms. The maximum Gasteiger partial charge on any atom is 0.194 e. The molecular formula is C14H12FNO. The molecule has 0 aliphatic carbocycles. The van der Waals surface area contributed by atoms with Crippen LogP contribution in [0.3, 0.4) is 0 Å². The van der Waals surface area contributed by atoms with Crippen molar-refractivity contribution in [2.45, 2.75) is 13.3 Å². The van der Waals surface area contributed by atoms with E-state index in [2.05, 4.69) is 4.98 Å². The van der Waals surface area contributed by atoms with Crippen LogP contribution in [0.4, 0.5) is 4.39 Å². The molecule has 0 bridgehead atoms. The minimum Gasteiger partial charge on any atom is -0.289 e. The van der Waals surface area contributed by atoms with Crippen LogP contribution in [0.15, 0.2) is 42.7 Å². The summed E-state index contributed by atoms with van der Waals surface area (Å²) in [5, 5.41) is 0. The molecule has 0 saturated heterocycles. The number of pyridine rings is 1. The lowest BCUT2D eigenvalue weighted by Crippen LogP contribution is -2.02. The van der Waals surface area contributed by atoms with Crippen molar-refractivity contribution in [1.82, 2.24) is 4.98 Å². The first-order chi connectivity index (χ1) is 8.20. The Morgan fingerprint density at radius 3 is 2.53 bits per heavy atom. The van der Waals surface area contributed by atoms with Crippen LogP contribution >= 0.6 is 0 Å². The van der Waals surface area contributed by atoms with Crippen LogP contribution in [0.25, 0.3) is 0 Å². The van der Waals surface area contributed by atoms with E-state index in [-0.39, 0.29) is 11.6 Å². The Bertz CT molecular complexity index is 534. The highest BCUT2D eigenvalue weighted by Gasteiger charge is 2.09. The van der Waals surface area contributed by atoms with Gasteiger partial charge in [0.25, 0.3) is 0 Å². The SMILES string of the molecule is CCc1cncc(C(=O)c2ccc(F)cc2)c1.